The van der Waals surface area contributed by atoms with Crippen molar-refractivity contribution in [2.45, 2.75) is 153 Å². The van der Waals surface area contributed by atoms with Crippen LogP contribution in [0, 0.1) is 0 Å². The zero-order valence-corrected chi connectivity index (χ0v) is 48.6. The number of aliphatic hydroxyl groups excluding tert-OH is 6. The van der Waals surface area contributed by atoms with Crippen LogP contribution in [0.25, 0.3) is 0 Å². The van der Waals surface area contributed by atoms with Crippen molar-refractivity contribution in [2.75, 3.05) is 26.9 Å². The Kier molecular flexibility index (Phi) is 25.5. The van der Waals surface area contributed by atoms with E-state index in [9.17, 15) is 146 Å². The fourth-order valence-electron chi connectivity index (χ4n) is 8.90. The molecule has 0 bridgehead atoms. The number of ether oxygens (including phenoxy) is 10. The van der Waals surface area contributed by atoms with Crippen molar-refractivity contribution in [1.82, 2.24) is 14.8 Å². The van der Waals surface area contributed by atoms with Crippen molar-refractivity contribution in [3.8, 4) is 0 Å². The number of nitrogens with one attached hydrogen (secondary N) is 3. The number of aliphatic hydroxyl groups is 6. The molecule has 0 aromatic heterocycles. The largest absolute Gasteiger partial charge is 0.735 e. The van der Waals surface area contributed by atoms with Crippen LogP contribution in [0.3, 0.4) is 0 Å². The molecule has 0 aromatic rings. The molecule has 0 unspecified atom stereocenters. The summed E-state index contributed by atoms with van der Waals surface area (Å²) in [4.78, 5) is 36.9. The molecule has 9 N–H and O–H groups in total. The van der Waals surface area contributed by atoms with Crippen LogP contribution in [-0.4, -0.2) is 320 Å². The van der Waals surface area contributed by atoms with E-state index in [1.54, 1.807) is 0 Å². The fourth-order valence-corrected chi connectivity index (χ4v) is 11.9. The van der Waals surface area contributed by atoms with Crippen LogP contribution in [0.5, 0.6) is 0 Å². The molecule has 0 saturated carbocycles. The Morgan fingerprint density at radius 1 is 0.416 bits per heavy atom. The highest BCUT2D eigenvalue weighted by Crippen LogP contribution is 2.38. The van der Waals surface area contributed by atoms with E-state index in [1.807, 2.05) is 5.32 Å². The molecule has 50 nitrogen and oxygen atoms in total. The van der Waals surface area contributed by atoms with Gasteiger partial charge in [-0.25, -0.2) is 68.4 Å². The minimum Gasteiger partial charge on any atom is -0.735 e. The highest BCUT2D eigenvalue weighted by Gasteiger charge is 2.59. The fraction of sp³-hybridized carbons (Fsp3) is 0.906. The summed E-state index contributed by atoms with van der Waals surface area (Å²) in [6.07, 6.45) is -64.3. The molecule has 1 amide bonds. The standard InChI is InChI=1S/C32H53N3O47S7/c1-68-28-10(34-83(47,48)49)14(39)18(7(73-28)3-70-86(56,57)58)75-32-23(82-89(65,66)67)17(42)22(25(80-32)27(45)46)78-30-11(35-84(50,51)52)20(81-88(62,63)64)19(8(74-30)4-71-87(59,60)61)76-31-16(41)15(40)21(24(79-31)26(43)44)77-29-9(33-5-36)13(38)12(37)6(72-29)2-69-85(53,54)55/h5-25,28-32,34-35,37-42H,2-4H2,1H3,(H,33,36)(H,43,44)(H,45,46)(H,47,48,49)(H,50,51,52)(H,53,54,55)(H,56,57,58)(H,59,60,61)(H,62,63,64)(H,65,66,67)/p-9/t6-,7-,8-,9-,10-,11-,12-,13-,14-,15-,16-,17+,18-,19-,20-,21+,22+,23-,24+,25-,28+,29-,30+,31-,32-/m1/s1. The number of carbonyl (C=O) groups excluding carboxylic acids is 3. The first kappa shape index (κ1) is 76.6. The monoisotopic (exact) mass is 1450 g/mol. The first-order valence-electron chi connectivity index (χ1n) is 23.2. The Bertz CT molecular complexity index is 3290. The molecule has 5 rings (SSSR count). The van der Waals surface area contributed by atoms with Gasteiger partial charge in [0.1, 0.15) is 116 Å². The molecule has 0 radical (unpaired) electrons. The number of rotatable bonds is 30. The topological polar surface area (TPSA) is 794 Å². The predicted octanol–water partition coefficient (Wildman–Crippen LogP) is -18.5. The summed E-state index contributed by atoms with van der Waals surface area (Å²) in [6.45, 7) is -5.22. The van der Waals surface area contributed by atoms with Crippen molar-refractivity contribution in [3.63, 3.8) is 0 Å². The lowest BCUT2D eigenvalue weighted by Crippen LogP contribution is -2.72. The number of hydrogen-bond donors (Lipinski definition) is 9. The normalized spacial score (nSPS) is 39.0. The van der Waals surface area contributed by atoms with E-state index in [0.717, 1.165) is 4.72 Å². The minimum absolute atomic E-state index is 0.217. The minimum atomic E-state index is -6.63. The average Bonchev–Trinajstić information content (AvgIpc) is 0.891. The van der Waals surface area contributed by atoms with E-state index in [2.05, 4.69) is 20.9 Å². The second kappa shape index (κ2) is 29.7. The number of carboxylic acid groups (broad SMARTS) is 2. The Morgan fingerprint density at radius 2 is 0.809 bits per heavy atom. The van der Waals surface area contributed by atoms with Gasteiger partial charge in [-0.3, -0.25) is 25.7 Å². The number of amides is 1. The first-order chi connectivity index (χ1) is 40.5. The van der Waals surface area contributed by atoms with E-state index in [0.29, 0.717) is 7.11 Å². The van der Waals surface area contributed by atoms with Crippen molar-refractivity contribution >= 4 is 91.0 Å². The van der Waals surface area contributed by atoms with E-state index in [4.69, 9.17) is 47.4 Å². The molecular weight excluding hydrogens is 1400 g/mol. The molecule has 25 atom stereocenters. The third kappa shape index (κ3) is 21.7. The average molecular weight is 1450 g/mol. The maximum Gasteiger partial charge on any atom is 0.218 e. The number of carbonyl (C=O) groups is 3. The second-order valence-corrected chi connectivity index (χ2v) is 25.7. The van der Waals surface area contributed by atoms with Crippen molar-refractivity contribution in [2.24, 2.45) is 0 Å². The lowest BCUT2D eigenvalue weighted by molar-refractivity contribution is -0.389. The maximum atomic E-state index is 12.8. The molecule has 5 aliphatic heterocycles. The SMILES string of the molecule is CO[C@H]1O[C@H](COS(=O)(=O)[O-])[C@@H](O[C@@H]2O[C@@H](C(=O)[O-])[C@@H](O[C@@H]3O[C@H](COS(=O)(=O)[O-])[C@@H](O[C@@H]4O[C@H](C(=O)[O-])[C@@H](O[C@H]5O[C@H](COS(=O)(=O)[O-])[C@@H](O)[C@H](O)[C@H]5NC=O)[C@H](O)[C@H]4O)[C@H](OS(=O)(=O)[O-])[C@H]3NS(=O)(=O)[O-])[C@H](O)[C@H]2OS(=O)(=O)[O-])[C@H](O)[C@H]1NS(=O)(=O)[O-]. The summed E-state index contributed by atoms with van der Waals surface area (Å²) >= 11 is 0. The van der Waals surface area contributed by atoms with Gasteiger partial charge in [0.05, 0.1) is 31.8 Å². The molecule has 5 aliphatic rings. The van der Waals surface area contributed by atoms with Crippen LogP contribution >= 0.6 is 0 Å². The van der Waals surface area contributed by atoms with Gasteiger partial charge in [-0.05, 0) is 0 Å². The quantitative estimate of drug-likeness (QED) is 0.0183. The van der Waals surface area contributed by atoms with Gasteiger partial charge in [-0.15, -0.1) is 0 Å². The summed E-state index contributed by atoms with van der Waals surface area (Å²) in [6, 6.07) is -7.94. The van der Waals surface area contributed by atoms with E-state index in [1.165, 1.54) is 4.72 Å². The molecule has 5 fully saturated rings. The molecule has 520 valence electrons. The van der Waals surface area contributed by atoms with E-state index < -0.39 is 258 Å². The van der Waals surface area contributed by atoms with Crippen molar-refractivity contribution < 1.29 is 214 Å². The molecule has 0 aliphatic carbocycles. The highest BCUT2D eigenvalue weighted by atomic mass is 32.3. The summed E-state index contributed by atoms with van der Waals surface area (Å²) in [5.41, 5.74) is 0. The third-order valence-corrected chi connectivity index (χ3v) is 15.7. The van der Waals surface area contributed by atoms with Crippen LogP contribution in [0.1, 0.15) is 0 Å². The summed E-state index contributed by atoms with van der Waals surface area (Å²) in [7, 11) is -42.2. The second-order valence-electron chi connectivity index (χ2n) is 18.2. The molecule has 57 heteroatoms. The number of methoxy groups -OCH3 is 1. The molecule has 0 aromatic carbocycles. The van der Waals surface area contributed by atoms with Gasteiger partial charge in [0.15, 0.2) is 58.2 Å². The van der Waals surface area contributed by atoms with E-state index in [-0.39, 0.29) is 6.41 Å². The van der Waals surface area contributed by atoms with Crippen molar-refractivity contribution in [1.29, 1.82) is 0 Å². The van der Waals surface area contributed by atoms with Gasteiger partial charge in [-0.2, -0.15) is 0 Å². The van der Waals surface area contributed by atoms with Gasteiger partial charge < -0.3 is 135 Å². The molecule has 89 heavy (non-hydrogen) atoms. The van der Waals surface area contributed by atoms with Gasteiger partial charge in [0, 0.05) is 7.11 Å². The summed E-state index contributed by atoms with van der Waals surface area (Å²) < 4.78 is 324. The van der Waals surface area contributed by atoms with Crippen LogP contribution in [-0.2, 0) is 155 Å². The van der Waals surface area contributed by atoms with Crippen LogP contribution < -0.4 is 25.0 Å². The van der Waals surface area contributed by atoms with Gasteiger partial charge >= 0.3 is 0 Å². The predicted molar refractivity (Wildman–Crippen MR) is 238 cm³/mol. The Morgan fingerprint density at radius 3 is 1.26 bits per heavy atom. The van der Waals surface area contributed by atoms with Crippen LogP contribution in [0.2, 0.25) is 0 Å². The molecule has 5 heterocycles. The van der Waals surface area contributed by atoms with E-state index >= 15 is 0 Å². The van der Waals surface area contributed by atoms with Crippen LogP contribution in [0.15, 0.2) is 0 Å². The van der Waals surface area contributed by atoms with Gasteiger partial charge in [0.25, 0.3) is 0 Å². The van der Waals surface area contributed by atoms with Crippen molar-refractivity contribution in [3.05, 3.63) is 0 Å². The molecule has 5 saturated heterocycles. The number of aliphatic carboxylic acids is 2. The third-order valence-electron chi connectivity index (χ3n) is 12.4. The lowest BCUT2D eigenvalue weighted by Gasteiger charge is -2.52. The molecular formula is C32H44N3O47S7-9. The Hall–Kier alpha value is -3.14. The Labute approximate surface area is 498 Å². The summed E-state index contributed by atoms with van der Waals surface area (Å²) in [5.74, 6) is -5.40. The maximum absolute atomic E-state index is 12.8. The number of hydrogen-bond acceptors (Lipinski definition) is 47. The summed E-state index contributed by atoms with van der Waals surface area (Å²) in [5, 5.41) is 93.9. The lowest BCUT2D eigenvalue weighted by atomic mass is 9.94. The zero-order chi connectivity index (χ0) is 67.6. The van der Waals surface area contributed by atoms with Gasteiger partial charge in [-0.1, -0.05) is 0 Å². The molecule has 0 spiro atoms. The Balaban J connectivity index is 1.59. The first-order valence-corrected chi connectivity index (χ1v) is 32.7. The zero-order valence-electron chi connectivity index (χ0n) is 42.9. The van der Waals surface area contributed by atoms with Crippen LogP contribution in [0.4, 0.5) is 0 Å². The number of carboxylic acids is 2. The van der Waals surface area contributed by atoms with Gasteiger partial charge in [0.2, 0.25) is 58.4 Å². The smallest absolute Gasteiger partial charge is 0.218 e. The highest BCUT2D eigenvalue weighted by molar-refractivity contribution is 7.84.